The molecule has 0 saturated carbocycles. The number of phenols is 1. The summed E-state index contributed by atoms with van der Waals surface area (Å²) in [5, 5.41) is 12.7. The number of rotatable bonds is 4. The number of carbonyl (C=O) groups excluding carboxylic acids is 1. The fourth-order valence-electron chi connectivity index (χ4n) is 2.57. The van der Waals surface area contributed by atoms with Gasteiger partial charge in [-0.15, -0.1) is 0 Å². The van der Waals surface area contributed by atoms with E-state index in [-0.39, 0.29) is 11.8 Å². The molecule has 2 aromatic carbocycles. The number of aryl methyl sites for hydroxylation is 1. The second-order valence-electron chi connectivity index (χ2n) is 5.86. The number of benzene rings is 2. The zero-order valence-corrected chi connectivity index (χ0v) is 14.2. The third-order valence-electron chi connectivity index (χ3n) is 3.94. The summed E-state index contributed by atoms with van der Waals surface area (Å²) in [4.78, 5) is 18.2. The molecule has 2 N–H and O–H groups in total. The van der Waals surface area contributed by atoms with Crippen molar-refractivity contribution in [1.82, 2.24) is 14.5 Å². The first-order valence-corrected chi connectivity index (χ1v) is 7.91. The minimum atomic E-state index is -0.250. The van der Waals surface area contributed by atoms with Crippen LogP contribution in [-0.4, -0.2) is 32.6 Å². The van der Waals surface area contributed by atoms with Crippen molar-refractivity contribution in [1.29, 1.82) is 0 Å². The number of nitrogens with zero attached hydrogens (tertiary/aromatic N) is 3. The Bertz CT molecular complexity index is 888. The van der Waals surface area contributed by atoms with E-state index in [1.807, 2.05) is 48.1 Å². The van der Waals surface area contributed by atoms with Crippen LogP contribution in [0.4, 0.5) is 10.5 Å². The summed E-state index contributed by atoms with van der Waals surface area (Å²) in [6.07, 6.45) is 3.61. The Labute approximate surface area is 146 Å². The molecule has 128 valence electrons. The van der Waals surface area contributed by atoms with Gasteiger partial charge in [0.2, 0.25) is 0 Å². The van der Waals surface area contributed by atoms with Crippen LogP contribution in [0.5, 0.6) is 5.75 Å². The molecule has 3 aromatic rings. The number of aromatic hydroxyl groups is 1. The van der Waals surface area contributed by atoms with Gasteiger partial charge in [0, 0.05) is 43.3 Å². The molecule has 0 radical (unpaired) electrons. The van der Waals surface area contributed by atoms with Crippen LogP contribution >= 0.6 is 0 Å². The highest BCUT2D eigenvalue weighted by Crippen LogP contribution is 2.21. The molecule has 0 fully saturated rings. The van der Waals surface area contributed by atoms with Crippen molar-refractivity contribution in [3.05, 3.63) is 66.5 Å². The topological polar surface area (TPSA) is 70.4 Å². The number of phenolic OH excluding ortho intramolecular Hbond substituents is 1. The van der Waals surface area contributed by atoms with Crippen molar-refractivity contribution in [2.45, 2.75) is 6.54 Å². The zero-order chi connectivity index (χ0) is 17.8. The number of nitrogens with one attached hydrogen (secondary N) is 1. The van der Waals surface area contributed by atoms with Gasteiger partial charge in [0.05, 0.1) is 6.54 Å². The molecular weight excluding hydrogens is 316 g/mol. The van der Waals surface area contributed by atoms with Crippen LogP contribution in [0.1, 0.15) is 5.56 Å². The molecule has 0 atom stereocenters. The molecule has 1 heterocycles. The normalized spacial score (nSPS) is 10.5. The Morgan fingerprint density at radius 1 is 1.24 bits per heavy atom. The van der Waals surface area contributed by atoms with E-state index < -0.39 is 0 Å². The van der Waals surface area contributed by atoms with E-state index in [0.717, 1.165) is 11.4 Å². The Morgan fingerprint density at radius 2 is 2.04 bits per heavy atom. The molecule has 0 aliphatic carbocycles. The monoisotopic (exact) mass is 336 g/mol. The fourth-order valence-corrected chi connectivity index (χ4v) is 2.57. The standard InChI is InChI=1S/C19H20N4O2/c1-22-11-10-20-18(22)14-7-5-8-16(12-14)21-19(25)23(2)13-15-6-3-4-9-17(15)24/h3-12,24H,13H2,1-2H3,(H,21,25). The maximum absolute atomic E-state index is 12.4. The lowest BCUT2D eigenvalue weighted by Crippen LogP contribution is -2.30. The SMILES string of the molecule is CN(Cc1ccccc1O)C(=O)Nc1cccc(-c2nccn2C)c1. The van der Waals surface area contributed by atoms with Crippen LogP contribution in [0.3, 0.4) is 0 Å². The number of urea groups is 1. The highest BCUT2D eigenvalue weighted by Gasteiger charge is 2.12. The van der Waals surface area contributed by atoms with Gasteiger partial charge in [-0.2, -0.15) is 0 Å². The lowest BCUT2D eigenvalue weighted by atomic mass is 10.2. The van der Waals surface area contributed by atoms with Crippen LogP contribution in [-0.2, 0) is 13.6 Å². The summed E-state index contributed by atoms with van der Waals surface area (Å²) in [5.74, 6) is 1.01. The van der Waals surface area contributed by atoms with Gasteiger partial charge in [-0.25, -0.2) is 9.78 Å². The maximum atomic E-state index is 12.4. The molecule has 6 nitrogen and oxygen atoms in total. The number of imidazole rings is 1. The fraction of sp³-hybridized carbons (Fsp3) is 0.158. The van der Waals surface area contributed by atoms with E-state index >= 15 is 0 Å². The Hall–Kier alpha value is -3.28. The summed E-state index contributed by atoms with van der Waals surface area (Å²) >= 11 is 0. The maximum Gasteiger partial charge on any atom is 0.321 e. The quantitative estimate of drug-likeness (QED) is 0.766. The van der Waals surface area contributed by atoms with Crippen LogP contribution < -0.4 is 5.32 Å². The average Bonchev–Trinajstić information content (AvgIpc) is 3.03. The van der Waals surface area contributed by atoms with E-state index in [2.05, 4.69) is 10.3 Å². The highest BCUT2D eigenvalue weighted by atomic mass is 16.3. The summed E-state index contributed by atoms with van der Waals surface area (Å²) in [6, 6.07) is 14.3. The smallest absolute Gasteiger partial charge is 0.321 e. The highest BCUT2D eigenvalue weighted by molar-refractivity contribution is 5.89. The van der Waals surface area contributed by atoms with Gasteiger partial charge >= 0.3 is 6.03 Å². The van der Waals surface area contributed by atoms with Crippen molar-refractivity contribution in [2.75, 3.05) is 12.4 Å². The minimum Gasteiger partial charge on any atom is -0.508 e. The first-order chi connectivity index (χ1) is 12.0. The molecule has 0 aliphatic rings. The number of para-hydroxylation sites is 1. The van der Waals surface area contributed by atoms with E-state index in [4.69, 9.17) is 0 Å². The summed E-state index contributed by atoms with van der Waals surface area (Å²) in [6.45, 7) is 0.317. The number of carbonyl (C=O) groups is 1. The Balaban J connectivity index is 1.71. The van der Waals surface area contributed by atoms with Crippen molar-refractivity contribution in [3.8, 4) is 17.1 Å². The predicted molar refractivity (Wildman–Crippen MR) is 97.2 cm³/mol. The molecule has 0 unspecified atom stereocenters. The van der Waals surface area contributed by atoms with E-state index in [0.29, 0.717) is 17.8 Å². The van der Waals surface area contributed by atoms with E-state index in [9.17, 15) is 9.90 Å². The molecule has 3 rings (SSSR count). The van der Waals surface area contributed by atoms with Crippen molar-refractivity contribution in [2.24, 2.45) is 7.05 Å². The molecule has 0 spiro atoms. The van der Waals surface area contributed by atoms with Crippen molar-refractivity contribution < 1.29 is 9.90 Å². The van der Waals surface area contributed by atoms with Crippen molar-refractivity contribution in [3.63, 3.8) is 0 Å². The lowest BCUT2D eigenvalue weighted by Gasteiger charge is -2.19. The number of amides is 2. The Morgan fingerprint density at radius 3 is 2.76 bits per heavy atom. The Kier molecular flexibility index (Phi) is 4.70. The van der Waals surface area contributed by atoms with Crippen LogP contribution in [0, 0.1) is 0 Å². The van der Waals surface area contributed by atoms with Crippen LogP contribution in [0.25, 0.3) is 11.4 Å². The minimum absolute atomic E-state index is 0.180. The van der Waals surface area contributed by atoms with Crippen LogP contribution in [0.15, 0.2) is 60.9 Å². The molecule has 2 amide bonds. The lowest BCUT2D eigenvalue weighted by molar-refractivity contribution is 0.220. The van der Waals surface area contributed by atoms with Gasteiger partial charge in [0.1, 0.15) is 11.6 Å². The van der Waals surface area contributed by atoms with E-state index in [1.165, 1.54) is 4.90 Å². The van der Waals surface area contributed by atoms with Gasteiger partial charge < -0.3 is 19.9 Å². The van der Waals surface area contributed by atoms with Gasteiger partial charge in [0.25, 0.3) is 0 Å². The second kappa shape index (κ2) is 7.09. The van der Waals surface area contributed by atoms with E-state index in [1.54, 1.807) is 31.4 Å². The number of hydrogen-bond donors (Lipinski definition) is 2. The second-order valence-corrected chi connectivity index (χ2v) is 5.86. The number of hydrogen-bond acceptors (Lipinski definition) is 3. The zero-order valence-electron chi connectivity index (χ0n) is 14.2. The summed E-state index contributed by atoms with van der Waals surface area (Å²) < 4.78 is 1.92. The van der Waals surface area contributed by atoms with Crippen molar-refractivity contribution >= 4 is 11.7 Å². The molecular formula is C19H20N4O2. The van der Waals surface area contributed by atoms with Gasteiger partial charge in [-0.1, -0.05) is 30.3 Å². The molecule has 0 saturated heterocycles. The largest absolute Gasteiger partial charge is 0.508 e. The first-order valence-electron chi connectivity index (χ1n) is 7.91. The van der Waals surface area contributed by atoms with Gasteiger partial charge in [-0.05, 0) is 18.2 Å². The third kappa shape index (κ3) is 3.80. The summed E-state index contributed by atoms with van der Waals surface area (Å²) in [7, 11) is 3.61. The molecule has 6 heteroatoms. The molecule has 25 heavy (non-hydrogen) atoms. The first kappa shape index (κ1) is 16.6. The number of aromatic nitrogens is 2. The molecule has 1 aromatic heterocycles. The summed E-state index contributed by atoms with van der Waals surface area (Å²) in [5.41, 5.74) is 2.31. The van der Waals surface area contributed by atoms with Gasteiger partial charge in [0.15, 0.2) is 0 Å². The van der Waals surface area contributed by atoms with Gasteiger partial charge in [-0.3, -0.25) is 0 Å². The predicted octanol–water partition coefficient (Wildman–Crippen LogP) is 3.46. The average molecular weight is 336 g/mol. The third-order valence-corrected chi connectivity index (χ3v) is 3.94. The molecule has 0 aliphatic heterocycles. The molecule has 0 bridgehead atoms. The number of anilines is 1. The van der Waals surface area contributed by atoms with Crippen LogP contribution in [0.2, 0.25) is 0 Å².